The fourth-order valence-corrected chi connectivity index (χ4v) is 6.48. The van der Waals surface area contributed by atoms with Crippen molar-refractivity contribution in [1.29, 1.82) is 0 Å². The average Bonchev–Trinajstić information content (AvgIpc) is 3.31. The summed E-state index contributed by atoms with van der Waals surface area (Å²) in [4.78, 5) is 15.5. The highest BCUT2D eigenvalue weighted by Crippen LogP contribution is 2.43. The van der Waals surface area contributed by atoms with E-state index in [0.717, 1.165) is 38.4 Å². The molecule has 4 aromatic rings. The van der Waals surface area contributed by atoms with E-state index in [1.807, 2.05) is 0 Å². The van der Waals surface area contributed by atoms with Crippen LogP contribution in [-0.2, 0) is 18.6 Å². The van der Waals surface area contributed by atoms with Crippen LogP contribution in [0.5, 0.6) is 0 Å². The number of fused-ring (bicyclic) bond motifs is 5. The molecule has 0 aliphatic heterocycles. The van der Waals surface area contributed by atoms with E-state index >= 15 is 0 Å². The molecule has 0 fully saturated rings. The summed E-state index contributed by atoms with van der Waals surface area (Å²) in [5.74, 6) is 1.36. The van der Waals surface area contributed by atoms with Crippen molar-refractivity contribution in [1.82, 2.24) is 15.0 Å². The van der Waals surface area contributed by atoms with Gasteiger partial charge in [0.25, 0.3) is 0 Å². The van der Waals surface area contributed by atoms with E-state index in [4.69, 9.17) is 4.98 Å². The van der Waals surface area contributed by atoms with Gasteiger partial charge in [0.15, 0.2) is 0 Å². The Morgan fingerprint density at radius 2 is 1.89 bits per heavy atom. The molecule has 0 saturated heterocycles. The number of rotatable bonds is 4. The van der Waals surface area contributed by atoms with Gasteiger partial charge < -0.3 is 0 Å². The third kappa shape index (κ3) is 3.15. The predicted octanol–water partition coefficient (Wildman–Crippen LogP) is 6.91. The Morgan fingerprint density at radius 1 is 1.11 bits per heavy atom. The highest BCUT2D eigenvalue weighted by molar-refractivity contribution is 9.10. The number of nitrogens with zero attached hydrogens (tertiary/aromatic N) is 3. The van der Waals surface area contributed by atoms with Gasteiger partial charge in [-0.3, -0.25) is 0 Å². The van der Waals surface area contributed by atoms with Crippen LogP contribution in [0.2, 0.25) is 0 Å². The molecule has 1 aliphatic carbocycles. The summed E-state index contributed by atoms with van der Waals surface area (Å²) in [6.07, 6.45) is 5.24. The van der Waals surface area contributed by atoms with E-state index in [1.54, 1.807) is 29.4 Å². The molecule has 0 atom stereocenters. The molecule has 1 aliphatic rings. The summed E-state index contributed by atoms with van der Waals surface area (Å²) in [6.45, 7) is 4.50. The first-order valence-electron chi connectivity index (χ1n) is 9.58. The molecule has 3 heterocycles. The maximum atomic E-state index is 5.09. The lowest BCUT2D eigenvalue weighted by Gasteiger charge is -2.11. The molecule has 0 N–H and O–H groups in total. The summed E-state index contributed by atoms with van der Waals surface area (Å²) in [7, 11) is 0. The van der Waals surface area contributed by atoms with Crippen LogP contribution in [0.1, 0.15) is 48.6 Å². The topological polar surface area (TPSA) is 38.7 Å². The monoisotopic (exact) mass is 469 g/mol. The normalized spacial score (nSPS) is 13.7. The highest BCUT2D eigenvalue weighted by atomic mass is 79.9. The Balaban J connectivity index is 1.61. The van der Waals surface area contributed by atoms with Gasteiger partial charge in [-0.05, 0) is 54.0 Å². The predicted molar refractivity (Wildman–Crippen MR) is 123 cm³/mol. The number of aryl methyl sites for hydroxylation is 1. The molecule has 5 rings (SSSR count). The first kappa shape index (κ1) is 18.5. The fraction of sp³-hybridized carbons (Fsp3) is 0.318. The Kier molecular flexibility index (Phi) is 4.89. The van der Waals surface area contributed by atoms with Crippen LogP contribution in [0.4, 0.5) is 0 Å². The van der Waals surface area contributed by atoms with Gasteiger partial charge in [0.1, 0.15) is 16.2 Å². The van der Waals surface area contributed by atoms with Crippen LogP contribution in [-0.4, -0.2) is 15.0 Å². The Bertz CT molecular complexity index is 1180. The molecule has 0 amide bonds. The maximum Gasteiger partial charge on any atom is 0.126 e. The summed E-state index contributed by atoms with van der Waals surface area (Å²) in [5, 5.41) is 2.35. The van der Waals surface area contributed by atoms with Gasteiger partial charge in [-0.2, -0.15) is 0 Å². The molecule has 1 aromatic carbocycles. The molecule has 142 valence electrons. The maximum absolute atomic E-state index is 5.09. The summed E-state index contributed by atoms with van der Waals surface area (Å²) < 4.78 is 2.29. The summed E-state index contributed by atoms with van der Waals surface area (Å²) >= 11 is 7.04. The Hall–Kier alpha value is -1.50. The van der Waals surface area contributed by atoms with E-state index in [0.29, 0.717) is 5.92 Å². The van der Waals surface area contributed by atoms with Crippen LogP contribution in [0, 0.1) is 0 Å². The SMILES string of the molecule is CC(C)c1nc2sc3c(SCc4ccc(Br)cc4)ncnc3c2c2c1CCC2. The lowest BCUT2D eigenvalue weighted by molar-refractivity contribution is 0.805. The largest absolute Gasteiger partial charge is 0.241 e. The van der Waals surface area contributed by atoms with Crippen LogP contribution in [0.15, 0.2) is 40.1 Å². The number of benzene rings is 1. The van der Waals surface area contributed by atoms with Gasteiger partial charge in [-0.25, -0.2) is 15.0 Å². The number of aromatic nitrogens is 3. The third-order valence-corrected chi connectivity index (χ3v) is 8.11. The zero-order valence-electron chi connectivity index (χ0n) is 15.8. The molecular weight excluding hydrogens is 450 g/mol. The lowest BCUT2D eigenvalue weighted by Crippen LogP contribution is -2.00. The summed E-state index contributed by atoms with van der Waals surface area (Å²) in [6, 6.07) is 8.49. The van der Waals surface area contributed by atoms with Gasteiger partial charge in [0, 0.05) is 21.3 Å². The molecular formula is C22H20BrN3S2. The van der Waals surface area contributed by atoms with Gasteiger partial charge in [0.2, 0.25) is 0 Å². The van der Waals surface area contributed by atoms with Crippen LogP contribution >= 0.6 is 39.0 Å². The van der Waals surface area contributed by atoms with Crippen molar-refractivity contribution in [3.63, 3.8) is 0 Å². The smallest absolute Gasteiger partial charge is 0.126 e. The van der Waals surface area contributed by atoms with Crippen molar-refractivity contribution in [3.8, 4) is 0 Å². The second-order valence-electron chi connectivity index (χ2n) is 7.52. The van der Waals surface area contributed by atoms with E-state index < -0.39 is 0 Å². The molecule has 0 unspecified atom stereocenters. The van der Waals surface area contributed by atoms with E-state index in [-0.39, 0.29) is 0 Å². The Labute approximate surface area is 181 Å². The fourth-order valence-electron chi connectivity index (χ4n) is 4.02. The molecule has 3 nitrogen and oxygen atoms in total. The van der Waals surface area contributed by atoms with E-state index in [2.05, 4.69) is 64.0 Å². The first-order chi connectivity index (χ1) is 13.6. The summed E-state index contributed by atoms with van der Waals surface area (Å²) in [5.41, 5.74) is 6.63. The number of hydrogen-bond acceptors (Lipinski definition) is 5. The lowest BCUT2D eigenvalue weighted by atomic mass is 9.99. The Morgan fingerprint density at radius 3 is 2.68 bits per heavy atom. The van der Waals surface area contributed by atoms with Crippen LogP contribution < -0.4 is 0 Å². The number of hydrogen-bond donors (Lipinski definition) is 0. The molecule has 0 radical (unpaired) electrons. The molecule has 0 spiro atoms. The quantitative estimate of drug-likeness (QED) is 0.240. The molecule has 6 heteroatoms. The van der Waals surface area contributed by atoms with Crippen LogP contribution in [0.25, 0.3) is 20.4 Å². The minimum Gasteiger partial charge on any atom is -0.241 e. The van der Waals surface area contributed by atoms with Crippen LogP contribution in [0.3, 0.4) is 0 Å². The second-order valence-corrected chi connectivity index (χ2v) is 10.4. The van der Waals surface area contributed by atoms with Crippen molar-refractivity contribution in [3.05, 3.63) is 57.4 Å². The zero-order valence-corrected chi connectivity index (χ0v) is 19.0. The van der Waals surface area contributed by atoms with Crippen molar-refractivity contribution < 1.29 is 0 Å². The number of thiophene rings is 1. The van der Waals surface area contributed by atoms with E-state index in [1.165, 1.54) is 38.9 Å². The number of halogens is 1. The van der Waals surface area contributed by atoms with Gasteiger partial charge in [-0.1, -0.05) is 41.9 Å². The highest BCUT2D eigenvalue weighted by Gasteiger charge is 2.25. The number of thioether (sulfide) groups is 1. The van der Waals surface area contributed by atoms with Crippen molar-refractivity contribution in [2.24, 2.45) is 0 Å². The standard InChI is InChI=1S/C22H20BrN3S2/c1-12(2)18-16-5-3-4-15(16)17-19-20(28-21(17)26-18)22(25-11-24-19)27-10-13-6-8-14(23)9-7-13/h6-9,11-12H,3-5,10H2,1-2H3. The van der Waals surface area contributed by atoms with Gasteiger partial charge in [0.05, 0.1) is 10.2 Å². The van der Waals surface area contributed by atoms with Crippen molar-refractivity contribution in [2.75, 3.05) is 0 Å². The molecule has 28 heavy (non-hydrogen) atoms. The zero-order chi connectivity index (χ0) is 19.3. The van der Waals surface area contributed by atoms with Gasteiger partial charge >= 0.3 is 0 Å². The molecule has 3 aromatic heterocycles. The second kappa shape index (κ2) is 7.39. The minimum absolute atomic E-state index is 0.457. The first-order valence-corrected chi connectivity index (χ1v) is 12.2. The molecule has 0 bridgehead atoms. The minimum atomic E-state index is 0.457. The number of pyridine rings is 1. The van der Waals surface area contributed by atoms with Gasteiger partial charge in [-0.15, -0.1) is 23.1 Å². The average molecular weight is 470 g/mol. The van der Waals surface area contributed by atoms with E-state index in [9.17, 15) is 0 Å². The molecule has 0 saturated carbocycles. The third-order valence-electron chi connectivity index (χ3n) is 5.31. The van der Waals surface area contributed by atoms with Crippen molar-refractivity contribution >= 4 is 59.5 Å². The van der Waals surface area contributed by atoms with Crippen molar-refractivity contribution in [2.45, 2.75) is 49.8 Å².